The molecule has 0 aliphatic carbocycles. The molecule has 0 heterocycles. The van der Waals surface area contributed by atoms with Crippen molar-refractivity contribution in [2.75, 3.05) is 5.43 Å². The second kappa shape index (κ2) is 5.31. The molecule has 0 aliphatic rings. The van der Waals surface area contributed by atoms with Gasteiger partial charge in [-0.05, 0) is 6.07 Å². The highest BCUT2D eigenvalue weighted by Crippen LogP contribution is 2.34. The van der Waals surface area contributed by atoms with E-state index in [1.165, 1.54) is 12.1 Å². The highest BCUT2D eigenvalue weighted by Gasteiger charge is 2.35. The Balaban J connectivity index is 3.25. The monoisotopic (exact) mass is 274 g/mol. The van der Waals surface area contributed by atoms with E-state index in [4.69, 9.17) is 10.5 Å². The molecular weight excluding hydrogens is 271 g/mol. The van der Waals surface area contributed by atoms with E-state index >= 15 is 0 Å². The molecule has 1 aromatic carbocycles. The van der Waals surface area contributed by atoms with E-state index in [2.05, 4.69) is 5.10 Å². The molecule has 0 unspecified atom stereocenters. The summed E-state index contributed by atoms with van der Waals surface area (Å²) in [5, 5.41) is 19.7. The molecule has 4 nitrogen and oxygen atoms in total. The van der Waals surface area contributed by atoms with Crippen molar-refractivity contribution in [3.8, 4) is 12.1 Å². The zero-order valence-corrected chi connectivity index (χ0v) is 8.89. The maximum atomic E-state index is 13.4. The van der Waals surface area contributed by atoms with E-state index in [1.54, 1.807) is 5.43 Å². The topological polar surface area (TPSA) is 72.0 Å². The quantitative estimate of drug-likeness (QED) is 0.512. The number of anilines is 1. The average Bonchev–Trinajstić information content (AvgIpc) is 2.32. The number of nitriles is 2. The van der Waals surface area contributed by atoms with Crippen molar-refractivity contribution in [1.29, 1.82) is 10.5 Å². The Labute approximate surface area is 103 Å². The summed E-state index contributed by atoms with van der Waals surface area (Å²) in [5.41, 5.74) is -1.81. The number of hydrazone groups is 1. The van der Waals surface area contributed by atoms with Crippen LogP contribution in [0.25, 0.3) is 0 Å². The smallest absolute Gasteiger partial charge is 0.273 e. The Bertz CT molecular complexity index is 590. The van der Waals surface area contributed by atoms with Gasteiger partial charge in [0.25, 0.3) is 0 Å². The summed E-state index contributed by atoms with van der Waals surface area (Å²) in [5.74, 6) is -3.13. The van der Waals surface area contributed by atoms with Gasteiger partial charge >= 0.3 is 6.18 Å². The van der Waals surface area contributed by atoms with Crippen LogP contribution < -0.4 is 5.43 Å². The minimum atomic E-state index is -5.08. The van der Waals surface area contributed by atoms with Crippen molar-refractivity contribution in [2.24, 2.45) is 5.10 Å². The number of rotatable bonds is 2. The number of benzene rings is 1. The Morgan fingerprint density at radius 2 is 1.74 bits per heavy atom. The lowest BCUT2D eigenvalue weighted by Gasteiger charge is -2.11. The summed E-state index contributed by atoms with van der Waals surface area (Å²) in [6.07, 6.45) is -5.08. The summed E-state index contributed by atoms with van der Waals surface area (Å²) in [6, 6.07) is 2.98. The zero-order valence-electron chi connectivity index (χ0n) is 8.89. The number of nitrogens with one attached hydrogen (secondary N) is 1. The van der Waals surface area contributed by atoms with Crippen molar-refractivity contribution in [2.45, 2.75) is 6.18 Å². The molecule has 0 atom stereocenters. The van der Waals surface area contributed by atoms with E-state index in [0.717, 1.165) is 0 Å². The fourth-order valence-electron chi connectivity index (χ4n) is 1.07. The van der Waals surface area contributed by atoms with Crippen molar-refractivity contribution in [3.05, 3.63) is 29.3 Å². The molecule has 0 radical (unpaired) electrons. The predicted molar refractivity (Wildman–Crippen MR) is 53.6 cm³/mol. The molecule has 19 heavy (non-hydrogen) atoms. The van der Waals surface area contributed by atoms with Gasteiger partial charge in [-0.25, -0.2) is 8.78 Å². The first-order valence-electron chi connectivity index (χ1n) is 4.49. The summed E-state index contributed by atoms with van der Waals surface area (Å²) in [6.45, 7) is 0. The molecular formula is C10H3F5N4. The van der Waals surface area contributed by atoms with Crippen LogP contribution in [0.4, 0.5) is 27.6 Å². The van der Waals surface area contributed by atoms with Gasteiger partial charge in [-0.1, -0.05) is 0 Å². The van der Waals surface area contributed by atoms with Crippen molar-refractivity contribution in [1.82, 2.24) is 0 Å². The van der Waals surface area contributed by atoms with E-state index < -0.39 is 34.8 Å². The van der Waals surface area contributed by atoms with Crippen LogP contribution in [0.15, 0.2) is 17.2 Å². The second-order valence-electron chi connectivity index (χ2n) is 3.11. The van der Waals surface area contributed by atoms with Crippen LogP contribution in [-0.2, 0) is 6.18 Å². The Morgan fingerprint density at radius 1 is 1.16 bits per heavy atom. The molecule has 1 rings (SSSR count). The Morgan fingerprint density at radius 3 is 2.21 bits per heavy atom. The van der Waals surface area contributed by atoms with Gasteiger partial charge in [0.1, 0.15) is 18.0 Å². The van der Waals surface area contributed by atoms with Crippen LogP contribution in [-0.4, -0.2) is 5.71 Å². The minimum Gasteiger partial charge on any atom is -0.273 e. The molecule has 0 aromatic heterocycles. The molecule has 1 aromatic rings. The fraction of sp³-hybridized carbons (Fsp3) is 0.100. The summed E-state index contributed by atoms with van der Waals surface area (Å²) >= 11 is 0. The third-order valence-electron chi connectivity index (χ3n) is 1.84. The van der Waals surface area contributed by atoms with Crippen molar-refractivity contribution >= 4 is 11.4 Å². The molecule has 0 saturated carbocycles. The van der Waals surface area contributed by atoms with Crippen LogP contribution >= 0.6 is 0 Å². The minimum absolute atomic E-state index is 0.0142. The molecule has 0 amide bonds. The van der Waals surface area contributed by atoms with E-state index in [9.17, 15) is 22.0 Å². The maximum absolute atomic E-state index is 13.4. The van der Waals surface area contributed by atoms with Crippen LogP contribution in [0.5, 0.6) is 0 Å². The lowest BCUT2D eigenvalue weighted by atomic mass is 10.1. The third kappa shape index (κ3) is 3.39. The molecule has 0 fully saturated rings. The molecule has 0 aliphatic heterocycles. The van der Waals surface area contributed by atoms with Crippen LogP contribution in [0.3, 0.4) is 0 Å². The molecule has 1 N–H and O–H groups in total. The first-order chi connectivity index (χ1) is 8.79. The molecule has 0 spiro atoms. The first-order valence-corrected chi connectivity index (χ1v) is 4.49. The maximum Gasteiger partial charge on any atom is 0.419 e. The number of hydrogen-bond acceptors (Lipinski definition) is 4. The van der Waals surface area contributed by atoms with Crippen molar-refractivity contribution < 1.29 is 22.0 Å². The molecule has 0 bridgehead atoms. The van der Waals surface area contributed by atoms with Crippen LogP contribution in [0.1, 0.15) is 5.56 Å². The predicted octanol–water partition coefficient (Wildman–Crippen LogP) is 2.80. The van der Waals surface area contributed by atoms with Gasteiger partial charge in [0.2, 0.25) is 5.71 Å². The Hall–Kier alpha value is -2.68. The van der Waals surface area contributed by atoms with Gasteiger partial charge in [0.05, 0.1) is 11.3 Å². The van der Waals surface area contributed by atoms with Crippen LogP contribution in [0, 0.1) is 34.3 Å². The van der Waals surface area contributed by atoms with Gasteiger partial charge in [0.15, 0.2) is 5.82 Å². The number of halogens is 5. The molecule has 98 valence electrons. The third-order valence-corrected chi connectivity index (χ3v) is 1.84. The summed E-state index contributed by atoms with van der Waals surface area (Å²) < 4.78 is 63.5. The normalized spacial score (nSPS) is 10.3. The largest absolute Gasteiger partial charge is 0.419 e. The van der Waals surface area contributed by atoms with E-state index in [1.807, 2.05) is 0 Å². The summed E-state index contributed by atoms with van der Waals surface area (Å²) in [4.78, 5) is 0. The SMILES string of the molecule is N#CC(C#N)=NNc1cc(F)cc(C(F)(F)F)c1F. The van der Waals surface area contributed by atoms with Crippen LogP contribution in [0.2, 0.25) is 0 Å². The average molecular weight is 274 g/mol. The summed E-state index contributed by atoms with van der Waals surface area (Å²) in [7, 11) is 0. The lowest BCUT2D eigenvalue weighted by Crippen LogP contribution is -2.11. The number of nitrogens with zero attached hydrogens (tertiary/aromatic N) is 3. The van der Waals surface area contributed by atoms with E-state index in [0.29, 0.717) is 6.07 Å². The van der Waals surface area contributed by atoms with Gasteiger partial charge in [0, 0.05) is 6.07 Å². The van der Waals surface area contributed by atoms with Crippen molar-refractivity contribution in [3.63, 3.8) is 0 Å². The van der Waals surface area contributed by atoms with Gasteiger partial charge < -0.3 is 0 Å². The standard InChI is InChI=1S/C10H3F5N4/c11-5-1-7(10(13,14)15)9(12)8(2-5)19-18-6(3-16)4-17/h1-2,19H. The highest BCUT2D eigenvalue weighted by atomic mass is 19.4. The zero-order chi connectivity index (χ0) is 14.6. The van der Waals surface area contributed by atoms with Gasteiger partial charge in [-0.3, -0.25) is 5.43 Å². The molecule has 0 saturated heterocycles. The van der Waals surface area contributed by atoms with E-state index in [-0.39, 0.29) is 6.07 Å². The Kier molecular flexibility index (Phi) is 4.02. The number of hydrogen-bond donors (Lipinski definition) is 1. The highest BCUT2D eigenvalue weighted by molar-refractivity contribution is 6.10. The fourth-order valence-corrected chi connectivity index (χ4v) is 1.07. The lowest BCUT2D eigenvalue weighted by molar-refractivity contribution is -0.140. The van der Waals surface area contributed by atoms with Gasteiger partial charge in [-0.2, -0.15) is 28.8 Å². The number of alkyl halides is 3. The van der Waals surface area contributed by atoms with Gasteiger partial charge in [-0.15, -0.1) is 0 Å². The second-order valence-corrected chi connectivity index (χ2v) is 3.11. The molecule has 9 heteroatoms. The first kappa shape index (κ1) is 14.4.